The average Bonchev–Trinajstić information content (AvgIpc) is 3.10. The molecule has 6 heteroatoms. The summed E-state index contributed by atoms with van der Waals surface area (Å²) in [5, 5.41) is 0.559. The Balaban J connectivity index is 1.56. The predicted molar refractivity (Wildman–Crippen MR) is 115 cm³/mol. The molecular weight excluding hydrogens is 386 g/mol. The van der Waals surface area contributed by atoms with Crippen molar-refractivity contribution in [1.82, 2.24) is 14.5 Å². The molecule has 2 aromatic carbocycles. The molecule has 152 valence electrons. The van der Waals surface area contributed by atoms with Gasteiger partial charge in [-0.1, -0.05) is 55.1 Å². The SMILES string of the molecule is CN(C(=O)Cn1c(COc2ccccc2Cl)nc2ccccc21)C1CCCCC1. The van der Waals surface area contributed by atoms with Crippen LogP contribution in [0.5, 0.6) is 5.75 Å². The van der Waals surface area contributed by atoms with Crippen LogP contribution >= 0.6 is 11.6 Å². The molecule has 0 saturated heterocycles. The zero-order valence-electron chi connectivity index (χ0n) is 16.7. The third-order valence-electron chi connectivity index (χ3n) is 5.74. The molecule has 0 spiro atoms. The topological polar surface area (TPSA) is 47.4 Å². The normalized spacial score (nSPS) is 14.8. The molecule has 0 bridgehead atoms. The predicted octanol–water partition coefficient (Wildman–Crippen LogP) is 5.06. The van der Waals surface area contributed by atoms with E-state index in [1.54, 1.807) is 6.07 Å². The van der Waals surface area contributed by atoms with Gasteiger partial charge >= 0.3 is 0 Å². The Morgan fingerprint density at radius 3 is 2.66 bits per heavy atom. The summed E-state index contributed by atoms with van der Waals surface area (Å²) >= 11 is 6.21. The van der Waals surface area contributed by atoms with Gasteiger partial charge in [-0.3, -0.25) is 4.79 Å². The highest BCUT2D eigenvalue weighted by molar-refractivity contribution is 6.32. The van der Waals surface area contributed by atoms with Gasteiger partial charge in [0.2, 0.25) is 5.91 Å². The van der Waals surface area contributed by atoms with Crippen LogP contribution < -0.4 is 4.74 Å². The van der Waals surface area contributed by atoms with E-state index >= 15 is 0 Å². The molecule has 0 N–H and O–H groups in total. The number of hydrogen-bond acceptors (Lipinski definition) is 3. The van der Waals surface area contributed by atoms with Crippen LogP contribution in [-0.2, 0) is 17.9 Å². The fourth-order valence-electron chi connectivity index (χ4n) is 4.03. The molecule has 1 saturated carbocycles. The molecule has 3 aromatic rings. The van der Waals surface area contributed by atoms with Gasteiger partial charge in [0.1, 0.15) is 24.7 Å². The molecule has 0 aliphatic heterocycles. The Kier molecular flexibility index (Phi) is 6.05. The van der Waals surface area contributed by atoms with Gasteiger partial charge in [-0.2, -0.15) is 0 Å². The first-order chi connectivity index (χ1) is 14.1. The average molecular weight is 412 g/mol. The standard InChI is InChI=1S/C23H26ClN3O2/c1-26(17-9-3-2-4-10-17)23(28)15-27-20-13-7-6-12-19(20)25-22(27)16-29-21-14-8-5-11-18(21)24/h5-8,11-14,17H,2-4,9-10,15-16H2,1H3. The first kappa shape index (κ1) is 19.8. The Morgan fingerprint density at radius 2 is 1.86 bits per heavy atom. The number of amides is 1. The van der Waals surface area contributed by atoms with Crippen LogP contribution in [0.1, 0.15) is 37.9 Å². The number of likely N-dealkylation sites (N-methyl/N-ethyl adjacent to an activating group) is 1. The van der Waals surface area contributed by atoms with E-state index < -0.39 is 0 Å². The molecule has 4 rings (SSSR count). The van der Waals surface area contributed by atoms with Gasteiger partial charge in [0.05, 0.1) is 16.1 Å². The Labute approximate surface area is 176 Å². The smallest absolute Gasteiger partial charge is 0.242 e. The number of aromatic nitrogens is 2. The Hall–Kier alpha value is -2.53. The van der Waals surface area contributed by atoms with E-state index in [-0.39, 0.29) is 19.1 Å². The van der Waals surface area contributed by atoms with Crippen LogP contribution in [-0.4, -0.2) is 33.4 Å². The Bertz CT molecular complexity index is 995. The highest BCUT2D eigenvalue weighted by Gasteiger charge is 2.23. The van der Waals surface area contributed by atoms with Crippen LogP contribution in [0.2, 0.25) is 5.02 Å². The summed E-state index contributed by atoms with van der Waals surface area (Å²) in [5.74, 6) is 1.44. The lowest BCUT2D eigenvalue weighted by molar-refractivity contribution is -0.133. The Morgan fingerprint density at radius 1 is 1.14 bits per heavy atom. The molecule has 1 aliphatic rings. The molecule has 0 radical (unpaired) electrons. The second kappa shape index (κ2) is 8.87. The van der Waals surface area contributed by atoms with E-state index in [1.807, 2.05) is 59.0 Å². The lowest BCUT2D eigenvalue weighted by Crippen LogP contribution is -2.40. The van der Waals surface area contributed by atoms with E-state index in [9.17, 15) is 4.79 Å². The second-order valence-electron chi connectivity index (χ2n) is 7.62. The highest BCUT2D eigenvalue weighted by atomic mass is 35.5. The van der Waals surface area contributed by atoms with Gasteiger partial charge in [-0.25, -0.2) is 4.98 Å². The van der Waals surface area contributed by atoms with Gasteiger partial charge in [-0.05, 0) is 37.1 Å². The van der Waals surface area contributed by atoms with Gasteiger partial charge in [0.15, 0.2) is 0 Å². The van der Waals surface area contributed by atoms with Crippen LogP contribution in [0.15, 0.2) is 48.5 Å². The quantitative estimate of drug-likeness (QED) is 0.569. The van der Waals surface area contributed by atoms with E-state index in [2.05, 4.69) is 0 Å². The zero-order valence-corrected chi connectivity index (χ0v) is 17.4. The maximum absolute atomic E-state index is 13.0. The number of imidazole rings is 1. The molecule has 1 aliphatic carbocycles. The maximum atomic E-state index is 13.0. The second-order valence-corrected chi connectivity index (χ2v) is 8.03. The third-order valence-corrected chi connectivity index (χ3v) is 6.05. The molecule has 29 heavy (non-hydrogen) atoms. The summed E-state index contributed by atoms with van der Waals surface area (Å²) in [5.41, 5.74) is 1.80. The maximum Gasteiger partial charge on any atom is 0.242 e. The molecule has 1 fully saturated rings. The van der Waals surface area contributed by atoms with Gasteiger partial charge in [0.25, 0.3) is 0 Å². The van der Waals surface area contributed by atoms with Crippen molar-refractivity contribution in [2.24, 2.45) is 0 Å². The molecule has 0 atom stereocenters. The van der Waals surface area contributed by atoms with Gasteiger partial charge in [-0.15, -0.1) is 0 Å². The van der Waals surface area contributed by atoms with E-state index in [0.29, 0.717) is 16.8 Å². The number of carbonyl (C=O) groups is 1. The van der Waals surface area contributed by atoms with Gasteiger partial charge in [0, 0.05) is 13.1 Å². The number of nitrogens with zero attached hydrogens (tertiary/aromatic N) is 3. The lowest BCUT2D eigenvalue weighted by atomic mass is 9.94. The largest absolute Gasteiger partial charge is 0.484 e. The number of hydrogen-bond donors (Lipinski definition) is 0. The van der Waals surface area contributed by atoms with Crippen molar-refractivity contribution in [2.45, 2.75) is 51.3 Å². The molecule has 1 amide bonds. The third kappa shape index (κ3) is 4.40. The number of rotatable bonds is 6. The van der Waals surface area contributed by atoms with Gasteiger partial charge < -0.3 is 14.2 Å². The monoisotopic (exact) mass is 411 g/mol. The summed E-state index contributed by atoms with van der Waals surface area (Å²) < 4.78 is 7.88. The van der Waals surface area contributed by atoms with Crippen molar-refractivity contribution in [1.29, 1.82) is 0 Å². The van der Waals surface area contributed by atoms with Crippen LogP contribution in [0.25, 0.3) is 11.0 Å². The first-order valence-electron chi connectivity index (χ1n) is 10.2. The number of carbonyl (C=O) groups excluding carboxylic acids is 1. The minimum atomic E-state index is 0.110. The summed E-state index contributed by atoms with van der Waals surface area (Å²) in [7, 11) is 1.93. The minimum absolute atomic E-state index is 0.110. The summed E-state index contributed by atoms with van der Waals surface area (Å²) in [6.45, 7) is 0.508. The van der Waals surface area contributed by atoms with Crippen LogP contribution in [0.3, 0.4) is 0 Å². The molecule has 1 aromatic heterocycles. The summed E-state index contributed by atoms with van der Waals surface area (Å²) in [6, 6.07) is 15.6. The van der Waals surface area contributed by atoms with Crippen molar-refractivity contribution in [3.63, 3.8) is 0 Å². The van der Waals surface area contributed by atoms with E-state index in [0.717, 1.165) is 29.7 Å². The summed E-state index contributed by atoms with van der Waals surface area (Å²) in [4.78, 5) is 19.7. The van der Waals surface area contributed by atoms with Crippen LogP contribution in [0, 0.1) is 0 Å². The number of ether oxygens (including phenoxy) is 1. The first-order valence-corrected chi connectivity index (χ1v) is 10.6. The lowest BCUT2D eigenvalue weighted by Gasteiger charge is -2.31. The minimum Gasteiger partial charge on any atom is -0.484 e. The number of para-hydroxylation sites is 3. The number of halogens is 1. The van der Waals surface area contributed by atoms with E-state index in [1.165, 1.54) is 19.3 Å². The van der Waals surface area contributed by atoms with Crippen molar-refractivity contribution in [3.05, 3.63) is 59.4 Å². The molecule has 5 nitrogen and oxygen atoms in total. The number of benzene rings is 2. The number of fused-ring (bicyclic) bond motifs is 1. The fraction of sp³-hybridized carbons (Fsp3) is 0.391. The molecule has 1 heterocycles. The highest BCUT2D eigenvalue weighted by Crippen LogP contribution is 2.26. The van der Waals surface area contributed by atoms with Crippen molar-refractivity contribution >= 4 is 28.5 Å². The van der Waals surface area contributed by atoms with Crippen LogP contribution in [0.4, 0.5) is 0 Å². The van der Waals surface area contributed by atoms with Crippen molar-refractivity contribution in [3.8, 4) is 5.75 Å². The fourth-order valence-corrected chi connectivity index (χ4v) is 4.23. The van der Waals surface area contributed by atoms with Crippen molar-refractivity contribution < 1.29 is 9.53 Å². The summed E-state index contributed by atoms with van der Waals surface area (Å²) in [6.07, 6.45) is 5.86. The van der Waals surface area contributed by atoms with Crippen molar-refractivity contribution in [2.75, 3.05) is 7.05 Å². The molecular formula is C23H26ClN3O2. The van der Waals surface area contributed by atoms with E-state index in [4.69, 9.17) is 21.3 Å². The zero-order chi connectivity index (χ0) is 20.2. The molecule has 0 unspecified atom stereocenters.